The van der Waals surface area contributed by atoms with E-state index in [1.54, 1.807) is 18.2 Å². The molecule has 1 fully saturated rings. The van der Waals surface area contributed by atoms with Gasteiger partial charge in [0.25, 0.3) is 0 Å². The van der Waals surface area contributed by atoms with E-state index < -0.39 is 18.3 Å². The van der Waals surface area contributed by atoms with Crippen molar-refractivity contribution in [3.63, 3.8) is 0 Å². The van der Waals surface area contributed by atoms with Gasteiger partial charge in [-0.2, -0.15) is 0 Å². The minimum absolute atomic E-state index is 0.0634. The number of carbonyl (C=O) groups excluding carboxylic acids is 1. The van der Waals surface area contributed by atoms with Crippen LogP contribution in [-0.2, 0) is 11.2 Å². The Morgan fingerprint density at radius 3 is 2.68 bits per heavy atom. The van der Waals surface area contributed by atoms with Gasteiger partial charge in [-0.1, -0.05) is 36.4 Å². The summed E-state index contributed by atoms with van der Waals surface area (Å²) in [5, 5.41) is 33.7. The Hall–Kier alpha value is -2.02. The van der Waals surface area contributed by atoms with Gasteiger partial charge >= 0.3 is 0 Å². The zero-order chi connectivity index (χ0) is 22.6. The van der Waals surface area contributed by atoms with Crippen LogP contribution in [0.1, 0.15) is 51.0 Å². The molecule has 1 amide bonds. The maximum absolute atomic E-state index is 13.0. The predicted octanol–water partition coefficient (Wildman–Crippen LogP) is 3.29. The number of nitrogens with one attached hydrogen (secondary N) is 1. The highest BCUT2D eigenvalue weighted by molar-refractivity contribution is 5.75. The minimum atomic E-state index is -0.666. The van der Waals surface area contributed by atoms with Crippen molar-refractivity contribution >= 4 is 5.91 Å². The molecule has 0 bridgehead atoms. The van der Waals surface area contributed by atoms with Crippen LogP contribution in [0.5, 0.6) is 0 Å². The van der Waals surface area contributed by atoms with E-state index in [1.165, 1.54) is 12.1 Å². The summed E-state index contributed by atoms with van der Waals surface area (Å²) in [7, 11) is 0. The van der Waals surface area contributed by atoms with E-state index in [-0.39, 0.29) is 23.6 Å². The molecule has 0 heterocycles. The smallest absolute Gasteiger partial charge is 0.219 e. The lowest BCUT2D eigenvalue weighted by Gasteiger charge is -2.19. The van der Waals surface area contributed by atoms with E-state index in [0.29, 0.717) is 38.6 Å². The van der Waals surface area contributed by atoms with E-state index in [2.05, 4.69) is 5.32 Å². The number of aliphatic hydroxyl groups is 3. The summed E-state index contributed by atoms with van der Waals surface area (Å²) < 4.78 is 13.0. The molecule has 0 aromatic heterocycles. The standard InChI is InChI=1S/C25H36FNO4/c1-2-27-25(31)8-6-4-3-5-7-21-22(24(30)17-23(21)29)16-15-20(28)14-11-18-9-12-19(26)13-10-18/h3,5,9-10,12-13,15-16,20-24,28-30H,2,4,6-8,11,14,17H2,1H3,(H,27,31)/t20-,21+,22+,23-,24+/m0/s1. The molecule has 4 N–H and O–H groups in total. The highest BCUT2D eigenvalue weighted by Crippen LogP contribution is 2.36. The Kier molecular flexibility index (Phi) is 10.9. The molecule has 2 rings (SSSR count). The van der Waals surface area contributed by atoms with Gasteiger partial charge in [0.15, 0.2) is 0 Å². The Morgan fingerprint density at radius 1 is 1.23 bits per heavy atom. The summed E-state index contributed by atoms with van der Waals surface area (Å²) in [5.41, 5.74) is 0.959. The van der Waals surface area contributed by atoms with Gasteiger partial charge in [0.05, 0.1) is 18.3 Å². The number of aliphatic hydroxyl groups excluding tert-OH is 3. The van der Waals surface area contributed by atoms with E-state index in [0.717, 1.165) is 18.4 Å². The summed E-state index contributed by atoms with van der Waals surface area (Å²) in [6, 6.07) is 6.24. The van der Waals surface area contributed by atoms with Crippen molar-refractivity contribution in [2.45, 2.75) is 70.2 Å². The summed E-state index contributed by atoms with van der Waals surface area (Å²) in [4.78, 5) is 11.4. The zero-order valence-electron chi connectivity index (χ0n) is 18.3. The minimum Gasteiger partial charge on any atom is -0.393 e. The molecule has 0 spiro atoms. The number of hydrogen-bond acceptors (Lipinski definition) is 4. The van der Waals surface area contributed by atoms with Gasteiger partial charge in [-0.3, -0.25) is 4.79 Å². The molecule has 1 aromatic carbocycles. The maximum atomic E-state index is 13.0. The van der Waals surface area contributed by atoms with Crippen LogP contribution in [0.3, 0.4) is 0 Å². The summed E-state index contributed by atoms with van der Waals surface area (Å²) in [6.07, 6.45) is 9.85. The first-order valence-electron chi connectivity index (χ1n) is 11.3. The molecule has 1 aliphatic rings. The van der Waals surface area contributed by atoms with Crippen molar-refractivity contribution in [2.75, 3.05) is 6.54 Å². The highest BCUT2D eigenvalue weighted by atomic mass is 19.1. The first-order chi connectivity index (χ1) is 14.9. The number of carbonyl (C=O) groups is 1. The van der Waals surface area contributed by atoms with Gasteiger partial charge in [-0.15, -0.1) is 0 Å². The average molecular weight is 434 g/mol. The molecular formula is C25H36FNO4. The maximum Gasteiger partial charge on any atom is 0.219 e. The highest BCUT2D eigenvalue weighted by Gasteiger charge is 2.39. The van der Waals surface area contributed by atoms with Crippen LogP contribution in [-0.4, -0.2) is 46.1 Å². The molecular weight excluding hydrogens is 397 g/mol. The molecule has 1 saturated carbocycles. The third kappa shape index (κ3) is 8.93. The van der Waals surface area contributed by atoms with E-state index in [9.17, 15) is 24.5 Å². The predicted molar refractivity (Wildman–Crippen MR) is 120 cm³/mol. The molecule has 6 heteroatoms. The lowest BCUT2D eigenvalue weighted by molar-refractivity contribution is -0.121. The summed E-state index contributed by atoms with van der Waals surface area (Å²) >= 11 is 0. The quantitative estimate of drug-likeness (QED) is 0.301. The number of unbranched alkanes of at least 4 members (excludes halogenated alkanes) is 1. The molecule has 31 heavy (non-hydrogen) atoms. The van der Waals surface area contributed by atoms with E-state index >= 15 is 0 Å². The topological polar surface area (TPSA) is 89.8 Å². The average Bonchev–Trinajstić information content (AvgIpc) is 3.01. The second kappa shape index (κ2) is 13.4. The van der Waals surface area contributed by atoms with Crippen molar-refractivity contribution < 1.29 is 24.5 Å². The number of amides is 1. The molecule has 0 unspecified atom stereocenters. The van der Waals surface area contributed by atoms with Crippen LogP contribution in [0.15, 0.2) is 48.6 Å². The van der Waals surface area contributed by atoms with Crippen molar-refractivity contribution in [2.24, 2.45) is 11.8 Å². The molecule has 5 nitrogen and oxygen atoms in total. The van der Waals surface area contributed by atoms with Crippen molar-refractivity contribution in [3.8, 4) is 0 Å². The molecule has 0 aliphatic heterocycles. The van der Waals surface area contributed by atoms with Crippen molar-refractivity contribution in [1.82, 2.24) is 5.32 Å². The second-order valence-electron chi connectivity index (χ2n) is 8.28. The van der Waals surface area contributed by atoms with Gasteiger partial charge in [-0.05, 0) is 62.6 Å². The van der Waals surface area contributed by atoms with Gasteiger partial charge in [0.1, 0.15) is 5.82 Å². The van der Waals surface area contributed by atoms with Crippen LogP contribution in [0.4, 0.5) is 4.39 Å². The first kappa shape index (κ1) is 25.2. The van der Waals surface area contributed by atoms with Gasteiger partial charge < -0.3 is 20.6 Å². The number of aryl methyl sites for hydroxylation is 1. The van der Waals surface area contributed by atoms with Crippen molar-refractivity contribution in [1.29, 1.82) is 0 Å². The van der Waals surface area contributed by atoms with Crippen LogP contribution in [0.25, 0.3) is 0 Å². The van der Waals surface area contributed by atoms with Crippen molar-refractivity contribution in [3.05, 3.63) is 60.0 Å². The Labute approximate surface area is 184 Å². The molecule has 0 saturated heterocycles. The second-order valence-corrected chi connectivity index (χ2v) is 8.28. The monoisotopic (exact) mass is 433 g/mol. The Bertz CT molecular complexity index is 719. The number of allylic oxidation sites excluding steroid dienone is 2. The molecule has 1 aliphatic carbocycles. The zero-order valence-corrected chi connectivity index (χ0v) is 18.3. The fourth-order valence-corrected chi connectivity index (χ4v) is 4.06. The van der Waals surface area contributed by atoms with Gasteiger partial charge in [-0.25, -0.2) is 4.39 Å². The molecule has 0 radical (unpaired) electrons. The van der Waals surface area contributed by atoms with Gasteiger partial charge in [0.2, 0.25) is 5.91 Å². The van der Waals surface area contributed by atoms with E-state index in [1.807, 2.05) is 25.2 Å². The fraction of sp³-hybridized carbons (Fsp3) is 0.560. The summed E-state index contributed by atoms with van der Waals surface area (Å²) in [5.74, 6) is -0.529. The van der Waals surface area contributed by atoms with Crippen LogP contribution in [0.2, 0.25) is 0 Å². The van der Waals surface area contributed by atoms with Crippen LogP contribution < -0.4 is 5.32 Å². The first-order valence-corrected chi connectivity index (χ1v) is 11.3. The third-order valence-corrected chi connectivity index (χ3v) is 5.84. The number of hydrogen-bond donors (Lipinski definition) is 4. The largest absolute Gasteiger partial charge is 0.393 e. The fourth-order valence-electron chi connectivity index (χ4n) is 4.06. The lowest BCUT2D eigenvalue weighted by Crippen LogP contribution is -2.21. The van der Waals surface area contributed by atoms with Crippen LogP contribution in [0, 0.1) is 17.7 Å². The SMILES string of the molecule is CCNC(=O)CCCC=CC[C@@H]1[C@@H](C=C[C@@H](O)CCc2ccc(F)cc2)[C@H](O)C[C@@H]1O. The lowest BCUT2D eigenvalue weighted by atomic mass is 9.89. The molecule has 172 valence electrons. The normalized spacial score (nSPS) is 24.8. The number of rotatable bonds is 12. The molecule has 1 aromatic rings. The number of benzene rings is 1. The van der Waals surface area contributed by atoms with Gasteiger partial charge in [0, 0.05) is 25.3 Å². The Morgan fingerprint density at radius 2 is 1.97 bits per heavy atom. The summed E-state index contributed by atoms with van der Waals surface area (Å²) in [6.45, 7) is 2.54. The Balaban J connectivity index is 1.78. The number of halogens is 1. The van der Waals surface area contributed by atoms with E-state index in [4.69, 9.17) is 0 Å². The van der Waals surface area contributed by atoms with Crippen LogP contribution >= 0.6 is 0 Å². The molecule has 5 atom stereocenters. The third-order valence-electron chi connectivity index (χ3n) is 5.84.